The smallest absolute Gasteiger partial charge is 0.203 e. The van der Waals surface area contributed by atoms with Crippen LogP contribution in [0.4, 0.5) is 4.39 Å². The van der Waals surface area contributed by atoms with Crippen LogP contribution in [0, 0.1) is 5.82 Å². The zero-order valence-electron chi connectivity index (χ0n) is 18.5. The Morgan fingerprint density at radius 1 is 0.968 bits per heavy atom. The molecule has 0 heterocycles. The van der Waals surface area contributed by atoms with Crippen molar-refractivity contribution in [2.45, 2.75) is 26.5 Å². The maximum absolute atomic E-state index is 13.8. The molecule has 0 aliphatic heterocycles. The number of hydrogen-bond acceptors (Lipinski definition) is 5. The van der Waals surface area contributed by atoms with Gasteiger partial charge in [0.2, 0.25) is 5.75 Å². The molecule has 0 aromatic heterocycles. The number of nitrogens with one attached hydrogen (secondary N) is 2. The van der Waals surface area contributed by atoms with E-state index < -0.39 is 0 Å². The lowest BCUT2D eigenvalue weighted by Crippen LogP contribution is -2.41. The molecule has 2 aromatic carbocycles. The van der Waals surface area contributed by atoms with Crippen molar-refractivity contribution in [1.82, 2.24) is 10.6 Å². The number of para-hydroxylation sites is 1. The van der Waals surface area contributed by atoms with Gasteiger partial charge in [-0.1, -0.05) is 12.1 Å². The van der Waals surface area contributed by atoms with Gasteiger partial charge in [-0.2, -0.15) is 0 Å². The number of methoxy groups -OCH3 is 3. The number of rotatable bonds is 10. The second kappa shape index (κ2) is 13.8. The molecule has 31 heavy (non-hydrogen) atoms. The van der Waals surface area contributed by atoms with E-state index in [4.69, 9.17) is 18.9 Å². The summed E-state index contributed by atoms with van der Waals surface area (Å²) in [5, 5.41) is 6.40. The van der Waals surface area contributed by atoms with Crippen LogP contribution in [-0.2, 0) is 6.54 Å². The van der Waals surface area contributed by atoms with Gasteiger partial charge in [0.05, 0.1) is 34.4 Å². The van der Waals surface area contributed by atoms with Crippen molar-refractivity contribution < 1.29 is 23.3 Å². The van der Waals surface area contributed by atoms with Crippen LogP contribution in [0.2, 0.25) is 0 Å². The third kappa shape index (κ3) is 7.64. The molecule has 2 rings (SSSR count). The van der Waals surface area contributed by atoms with E-state index in [2.05, 4.69) is 15.6 Å². The summed E-state index contributed by atoms with van der Waals surface area (Å²) in [6.45, 7) is 5.34. The fourth-order valence-corrected chi connectivity index (χ4v) is 2.83. The van der Waals surface area contributed by atoms with Gasteiger partial charge in [0.25, 0.3) is 0 Å². The predicted octanol–water partition coefficient (Wildman–Crippen LogP) is 3.99. The lowest BCUT2D eigenvalue weighted by molar-refractivity contribution is 0.214. The van der Waals surface area contributed by atoms with Crippen molar-refractivity contribution in [1.29, 1.82) is 0 Å². The van der Waals surface area contributed by atoms with E-state index in [0.29, 0.717) is 42.8 Å². The van der Waals surface area contributed by atoms with E-state index in [1.165, 1.54) is 6.07 Å². The van der Waals surface area contributed by atoms with Crippen molar-refractivity contribution in [2.75, 3.05) is 34.4 Å². The molecule has 2 aromatic rings. The second-order valence-corrected chi connectivity index (χ2v) is 6.43. The highest BCUT2D eigenvalue weighted by Crippen LogP contribution is 2.39. The Morgan fingerprint density at radius 3 is 2.29 bits per heavy atom. The van der Waals surface area contributed by atoms with E-state index in [0.717, 1.165) is 5.56 Å². The van der Waals surface area contributed by atoms with Crippen LogP contribution in [0.25, 0.3) is 0 Å². The van der Waals surface area contributed by atoms with Gasteiger partial charge in [0.15, 0.2) is 29.0 Å². The minimum absolute atomic E-state index is 0. The van der Waals surface area contributed by atoms with Crippen LogP contribution in [0.5, 0.6) is 23.0 Å². The van der Waals surface area contributed by atoms with Gasteiger partial charge >= 0.3 is 0 Å². The number of aliphatic imine (C=N–C) groups is 1. The molecule has 0 fully saturated rings. The molecule has 2 N–H and O–H groups in total. The standard InChI is InChI=1S/C22H30FN3O4.HI/c1-6-24-22(25-13-15(2)30-18-10-8-7-9-17(18)23)26-14-16-11-12-19(27-3)21(29-5)20(16)28-4;/h7-12,15H,6,13-14H2,1-5H3,(H2,24,25,26);1H. The highest BCUT2D eigenvalue weighted by atomic mass is 127. The van der Waals surface area contributed by atoms with Gasteiger partial charge in [0.1, 0.15) is 6.10 Å². The average Bonchev–Trinajstić information content (AvgIpc) is 2.76. The fraction of sp³-hybridized carbons (Fsp3) is 0.409. The Kier molecular flexibility index (Phi) is 11.8. The molecular weight excluding hydrogens is 516 g/mol. The number of nitrogens with zero attached hydrogens (tertiary/aromatic N) is 1. The number of halogens is 2. The molecule has 0 saturated heterocycles. The van der Waals surface area contributed by atoms with Crippen LogP contribution in [0.3, 0.4) is 0 Å². The van der Waals surface area contributed by atoms with Crippen LogP contribution >= 0.6 is 24.0 Å². The second-order valence-electron chi connectivity index (χ2n) is 6.43. The molecular formula is C22H31FIN3O4. The van der Waals surface area contributed by atoms with E-state index in [9.17, 15) is 4.39 Å². The van der Waals surface area contributed by atoms with E-state index >= 15 is 0 Å². The molecule has 0 amide bonds. The Morgan fingerprint density at radius 2 is 1.68 bits per heavy atom. The molecule has 0 spiro atoms. The van der Waals surface area contributed by atoms with Crippen LogP contribution in [0.1, 0.15) is 19.4 Å². The molecule has 0 aliphatic rings. The van der Waals surface area contributed by atoms with E-state index in [-0.39, 0.29) is 41.6 Å². The third-order valence-corrected chi connectivity index (χ3v) is 4.26. The SMILES string of the molecule is CCNC(=NCc1ccc(OC)c(OC)c1OC)NCC(C)Oc1ccccc1F.I. The summed E-state index contributed by atoms with van der Waals surface area (Å²) in [6, 6.07) is 10.0. The first-order chi connectivity index (χ1) is 14.5. The Labute approximate surface area is 200 Å². The van der Waals surface area contributed by atoms with Gasteiger partial charge < -0.3 is 29.6 Å². The zero-order chi connectivity index (χ0) is 21.9. The summed E-state index contributed by atoms with van der Waals surface area (Å²) in [7, 11) is 4.72. The van der Waals surface area contributed by atoms with E-state index in [1.54, 1.807) is 39.5 Å². The van der Waals surface area contributed by atoms with Crippen molar-refractivity contribution in [2.24, 2.45) is 4.99 Å². The number of benzene rings is 2. The first-order valence-electron chi connectivity index (χ1n) is 9.75. The maximum Gasteiger partial charge on any atom is 0.203 e. The Bertz CT molecular complexity index is 852. The lowest BCUT2D eigenvalue weighted by Gasteiger charge is -2.18. The Hall–Kier alpha value is -2.43. The molecule has 7 nitrogen and oxygen atoms in total. The fourth-order valence-electron chi connectivity index (χ4n) is 2.83. The first kappa shape index (κ1) is 26.6. The van der Waals surface area contributed by atoms with Crippen LogP contribution in [-0.4, -0.2) is 46.5 Å². The van der Waals surface area contributed by atoms with Crippen LogP contribution < -0.4 is 29.6 Å². The molecule has 172 valence electrons. The minimum Gasteiger partial charge on any atom is -0.493 e. The number of ether oxygens (including phenoxy) is 4. The summed E-state index contributed by atoms with van der Waals surface area (Å²) >= 11 is 0. The summed E-state index contributed by atoms with van der Waals surface area (Å²) in [6.07, 6.45) is -0.263. The quantitative estimate of drug-likeness (QED) is 0.266. The molecule has 0 radical (unpaired) electrons. The topological polar surface area (TPSA) is 73.3 Å². The first-order valence-corrected chi connectivity index (χ1v) is 9.75. The van der Waals surface area contributed by atoms with Crippen LogP contribution in [0.15, 0.2) is 41.4 Å². The van der Waals surface area contributed by atoms with Gasteiger partial charge in [0, 0.05) is 12.1 Å². The predicted molar refractivity (Wildman–Crippen MR) is 131 cm³/mol. The lowest BCUT2D eigenvalue weighted by atomic mass is 10.1. The molecule has 9 heteroatoms. The maximum atomic E-state index is 13.8. The Balaban J connectivity index is 0.00000480. The van der Waals surface area contributed by atoms with Gasteiger partial charge in [-0.15, -0.1) is 24.0 Å². The van der Waals surface area contributed by atoms with Crippen molar-refractivity contribution in [3.05, 3.63) is 47.8 Å². The van der Waals surface area contributed by atoms with Gasteiger partial charge in [-0.25, -0.2) is 9.38 Å². The molecule has 0 aliphatic carbocycles. The molecule has 1 atom stereocenters. The van der Waals surface area contributed by atoms with Crippen molar-refractivity contribution >= 4 is 29.9 Å². The monoisotopic (exact) mass is 547 g/mol. The van der Waals surface area contributed by atoms with Crippen molar-refractivity contribution in [3.8, 4) is 23.0 Å². The summed E-state index contributed by atoms with van der Waals surface area (Å²) in [4.78, 5) is 4.61. The largest absolute Gasteiger partial charge is 0.493 e. The highest BCUT2D eigenvalue weighted by Gasteiger charge is 2.16. The highest BCUT2D eigenvalue weighted by molar-refractivity contribution is 14.0. The number of guanidine groups is 1. The third-order valence-electron chi connectivity index (χ3n) is 4.26. The van der Waals surface area contributed by atoms with E-state index in [1.807, 2.05) is 26.0 Å². The van der Waals surface area contributed by atoms with Crippen molar-refractivity contribution in [3.63, 3.8) is 0 Å². The molecule has 0 saturated carbocycles. The normalized spacial score (nSPS) is 11.7. The summed E-state index contributed by atoms with van der Waals surface area (Å²) in [5.41, 5.74) is 0.850. The van der Waals surface area contributed by atoms with Gasteiger partial charge in [-0.3, -0.25) is 0 Å². The number of hydrogen-bond donors (Lipinski definition) is 2. The molecule has 0 bridgehead atoms. The molecule has 1 unspecified atom stereocenters. The zero-order valence-corrected chi connectivity index (χ0v) is 20.9. The van der Waals surface area contributed by atoms with Gasteiger partial charge in [-0.05, 0) is 38.1 Å². The minimum atomic E-state index is -0.384. The summed E-state index contributed by atoms with van der Waals surface area (Å²) < 4.78 is 35.7. The summed E-state index contributed by atoms with van der Waals surface area (Å²) in [5.74, 6) is 2.14. The average molecular weight is 547 g/mol.